The van der Waals surface area contributed by atoms with Gasteiger partial charge in [-0.1, -0.05) is 12.1 Å². The van der Waals surface area contributed by atoms with Crippen molar-refractivity contribution in [2.24, 2.45) is 0 Å². The number of amides is 3. The summed E-state index contributed by atoms with van der Waals surface area (Å²) in [5.41, 5.74) is 0.811. The molecule has 2 aliphatic rings. The zero-order chi connectivity index (χ0) is 24.5. The van der Waals surface area contributed by atoms with E-state index in [-0.39, 0.29) is 42.0 Å². The number of imide groups is 1. The standard InChI is InChI=1S/C24H21N5O6/c30-20(7-5-17-6-8-21(35-17)29(33)34)26-12-9-16(10-13-26)22-25-11-14-27(22)15-28-23(31)18-3-1-2-4-19(18)24(28)32/h1-8,11,14,16H,9-10,12-13,15H2. The molecule has 11 heteroatoms. The van der Waals surface area contributed by atoms with Gasteiger partial charge in [0.2, 0.25) is 5.91 Å². The summed E-state index contributed by atoms with van der Waals surface area (Å²) in [6, 6.07) is 9.44. The van der Waals surface area contributed by atoms with Crippen molar-refractivity contribution in [1.82, 2.24) is 19.4 Å². The molecule has 3 amide bonds. The van der Waals surface area contributed by atoms with E-state index in [1.54, 1.807) is 41.6 Å². The number of nitrogens with zero attached hydrogens (tertiary/aromatic N) is 5. The smallest absolute Gasteiger partial charge is 0.401 e. The molecule has 3 aromatic rings. The predicted octanol–water partition coefficient (Wildman–Crippen LogP) is 3.06. The fourth-order valence-electron chi connectivity index (χ4n) is 4.47. The lowest BCUT2D eigenvalue weighted by Crippen LogP contribution is -2.38. The van der Waals surface area contributed by atoms with Crippen LogP contribution in [0.15, 0.2) is 59.3 Å². The summed E-state index contributed by atoms with van der Waals surface area (Å²) in [6.07, 6.45) is 7.50. The summed E-state index contributed by atoms with van der Waals surface area (Å²) in [5.74, 6) is -0.159. The lowest BCUT2D eigenvalue weighted by Gasteiger charge is -2.31. The average Bonchev–Trinajstić information content (AvgIpc) is 3.59. The average molecular weight is 475 g/mol. The van der Waals surface area contributed by atoms with Crippen molar-refractivity contribution in [2.75, 3.05) is 13.1 Å². The molecule has 0 atom stereocenters. The minimum atomic E-state index is -0.637. The first-order chi connectivity index (χ1) is 16.9. The Kier molecular flexibility index (Phi) is 5.73. The maximum absolute atomic E-state index is 12.7. The molecule has 0 unspecified atom stereocenters. The van der Waals surface area contributed by atoms with Gasteiger partial charge in [0, 0.05) is 37.5 Å². The molecular weight excluding hydrogens is 454 g/mol. The van der Waals surface area contributed by atoms with Gasteiger partial charge in [0.05, 0.1) is 17.2 Å². The molecule has 2 aliphatic heterocycles. The molecule has 0 N–H and O–H groups in total. The summed E-state index contributed by atoms with van der Waals surface area (Å²) in [4.78, 5) is 55.4. The normalized spacial score (nSPS) is 16.3. The van der Waals surface area contributed by atoms with E-state index in [4.69, 9.17) is 4.42 Å². The van der Waals surface area contributed by atoms with E-state index in [9.17, 15) is 24.5 Å². The molecule has 5 rings (SSSR count). The largest absolute Gasteiger partial charge is 0.433 e. The molecule has 0 saturated carbocycles. The van der Waals surface area contributed by atoms with Crippen LogP contribution in [0.4, 0.5) is 5.88 Å². The van der Waals surface area contributed by atoms with Crippen LogP contribution in [0, 0.1) is 10.1 Å². The Balaban J connectivity index is 1.20. The Morgan fingerprint density at radius 2 is 1.80 bits per heavy atom. The van der Waals surface area contributed by atoms with E-state index in [2.05, 4.69) is 4.98 Å². The van der Waals surface area contributed by atoms with Crippen molar-refractivity contribution in [1.29, 1.82) is 0 Å². The minimum absolute atomic E-state index is 0.0703. The molecule has 35 heavy (non-hydrogen) atoms. The molecular formula is C24H21N5O6. The highest BCUT2D eigenvalue weighted by Gasteiger charge is 2.36. The third kappa shape index (κ3) is 4.23. The Bertz CT molecular complexity index is 1310. The van der Waals surface area contributed by atoms with E-state index in [1.807, 2.05) is 4.57 Å². The molecule has 0 aliphatic carbocycles. The number of hydrogen-bond acceptors (Lipinski definition) is 7. The Morgan fingerprint density at radius 3 is 2.43 bits per heavy atom. The second-order valence-corrected chi connectivity index (χ2v) is 8.35. The first-order valence-corrected chi connectivity index (χ1v) is 11.1. The summed E-state index contributed by atoms with van der Waals surface area (Å²) in [6.45, 7) is 1.09. The number of carbonyl (C=O) groups excluding carboxylic acids is 3. The highest BCUT2D eigenvalue weighted by Crippen LogP contribution is 2.29. The quantitative estimate of drug-likeness (QED) is 0.232. The van der Waals surface area contributed by atoms with Gasteiger partial charge in [-0.3, -0.25) is 29.4 Å². The van der Waals surface area contributed by atoms with Gasteiger partial charge in [-0.2, -0.15) is 0 Å². The van der Waals surface area contributed by atoms with Crippen molar-refractivity contribution in [3.63, 3.8) is 0 Å². The number of fused-ring (bicyclic) bond motifs is 1. The molecule has 2 aromatic heterocycles. The molecule has 1 saturated heterocycles. The van der Waals surface area contributed by atoms with Crippen LogP contribution < -0.4 is 0 Å². The number of hydrogen-bond donors (Lipinski definition) is 0. The van der Waals surface area contributed by atoms with Crippen LogP contribution in [-0.2, 0) is 11.5 Å². The van der Waals surface area contributed by atoms with Gasteiger partial charge in [-0.05, 0) is 37.1 Å². The van der Waals surface area contributed by atoms with Crippen molar-refractivity contribution in [3.05, 3.63) is 87.7 Å². The number of benzene rings is 1. The van der Waals surface area contributed by atoms with E-state index >= 15 is 0 Å². The molecule has 11 nitrogen and oxygen atoms in total. The zero-order valence-corrected chi connectivity index (χ0v) is 18.6. The summed E-state index contributed by atoms with van der Waals surface area (Å²) in [7, 11) is 0. The van der Waals surface area contributed by atoms with Crippen molar-refractivity contribution >= 4 is 29.7 Å². The first-order valence-electron chi connectivity index (χ1n) is 11.1. The summed E-state index contributed by atoms with van der Waals surface area (Å²) < 4.78 is 6.85. The zero-order valence-electron chi connectivity index (χ0n) is 18.6. The van der Waals surface area contributed by atoms with Gasteiger partial charge < -0.3 is 13.9 Å². The fraction of sp³-hybridized carbons (Fsp3) is 0.250. The minimum Gasteiger partial charge on any atom is -0.401 e. The number of carbonyl (C=O) groups is 3. The van der Waals surface area contributed by atoms with Gasteiger partial charge in [-0.25, -0.2) is 4.98 Å². The lowest BCUT2D eigenvalue weighted by atomic mass is 9.96. The first kappa shape index (κ1) is 22.3. The maximum Gasteiger partial charge on any atom is 0.433 e. The molecule has 0 radical (unpaired) electrons. The third-order valence-corrected chi connectivity index (χ3v) is 6.27. The maximum atomic E-state index is 12.7. The van der Waals surface area contributed by atoms with Gasteiger partial charge in [0.15, 0.2) is 0 Å². The van der Waals surface area contributed by atoms with Crippen molar-refractivity contribution < 1.29 is 23.7 Å². The Morgan fingerprint density at radius 1 is 1.11 bits per heavy atom. The molecule has 1 aromatic carbocycles. The second kappa shape index (κ2) is 9.01. The van der Waals surface area contributed by atoms with Crippen LogP contribution >= 0.6 is 0 Å². The van der Waals surface area contributed by atoms with Crippen LogP contribution in [0.2, 0.25) is 0 Å². The second-order valence-electron chi connectivity index (χ2n) is 8.35. The number of nitro groups is 1. The van der Waals surface area contributed by atoms with E-state index in [0.717, 1.165) is 5.82 Å². The van der Waals surface area contributed by atoms with E-state index in [1.165, 1.54) is 29.2 Å². The number of furan rings is 1. The van der Waals surface area contributed by atoms with Crippen LogP contribution in [-0.4, -0.2) is 55.1 Å². The summed E-state index contributed by atoms with van der Waals surface area (Å²) in [5, 5.41) is 10.7. The van der Waals surface area contributed by atoms with E-state index in [0.29, 0.717) is 37.1 Å². The highest BCUT2D eigenvalue weighted by molar-refractivity contribution is 6.21. The van der Waals surface area contributed by atoms with Crippen molar-refractivity contribution in [3.8, 4) is 0 Å². The molecule has 1 fully saturated rings. The van der Waals surface area contributed by atoms with Crippen LogP contribution in [0.25, 0.3) is 6.08 Å². The SMILES string of the molecule is O=C(C=Cc1ccc([N+](=O)[O-])o1)N1CCC(c2nccn2CN2C(=O)c3ccccc3C2=O)CC1. The number of aromatic nitrogens is 2. The predicted molar refractivity (Wildman–Crippen MR) is 122 cm³/mol. The van der Waals surface area contributed by atoms with Crippen LogP contribution in [0.5, 0.6) is 0 Å². The van der Waals surface area contributed by atoms with Crippen LogP contribution in [0.1, 0.15) is 51.1 Å². The molecule has 178 valence electrons. The van der Waals surface area contributed by atoms with Gasteiger partial charge in [0.1, 0.15) is 23.2 Å². The topological polar surface area (TPSA) is 132 Å². The number of likely N-dealkylation sites (tertiary alicyclic amines) is 1. The number of imidazole rings is 1. The van der Waals surface area contributed by atoms with Gasteiger partial charge >= 0.3 is 5.88 Å². The Labute approximate surface area is 199 Å². The van der Waals surface area contributed by atoms with E-state index < -0.39 is 4.92 Å². The number of rotatable bonds is 6. The molecule has 0 spiro atoms. The third-order valence-electron chi connectivity index (χ3n) is 6.27. The fourth-order valence-corrected chi connectivity index (χ4v) is 4.47. The molecule has 0 bridgehead atoms. The van der Waals surface area contributed by atoms with Crippen LogP contribution in [0.3, 0.4) is 0 Å². The molecule has 4 heterocycles. The van der Waals surface area contributed by atoms with Gasteiger partial charge in [-0.15, -0.1) is 0 Å². The lowest BCUT2D eigenvalue weighted by molar-refractivity contribution is -0.402. The number of piperidine rings is 1. The van der Waals surface area contributed by atoms with Crippen molar-refractivity contribution in [2.45, 2.75) is 25.4 Å². The Hall–Kier alpha value is -4.54. The summed E-state index contributed by atoms with van der Waals surface area (Å²) >= 11 is 0. The van der Waals surface area contributed by atoms with Gasteiger partial charge in [0.25, 0.3) is 11.8 Å². The monoisotopic (exact) mass is 475 g/mol. The highest BCUT2D eigenvalue weighted by atomic mass is 16.6.